The molecule has 2 aliphatic rings. The van der Waals surface area contributed by atoms with Crippen molar-refractivity contribution in [3.8, 4) is 11.4 Å². The van der Waals surface area contributed by atoms with Gasteiger partial charge >= 0.3 is 0 Å². The van der Waals surface area contributed by atoms with E-state index in [2.05, 4.69) is 67.2 Å². The normalized spacial score (nSPS) is 18.5. The lowest BCUT2D eigenvalue weighted by molar-refractivity contribution is 0.540. The zero-order valence-electron chi connectivity index (χ0n) is 22.4. The lowest BCUT2D eigenvalue weighted by Gasteiger charge is -2.31. The summed E-state index contributed by atoms with van der Waals surface area (Å²) in [7, 11) is 0. The molecule has 2 aliphatic heterocycles. The maximum atomic E-state index is 6.53. The Hall–Kier alpha value is -4.90. The second-order valence-corrected chi connectivity index (χ2v) is 10.4. The predicted molar refractivity (Wildman–Crippen MR) is 163 cm³/mol. The van der Waals surface area contributed by atoms with Gasteiger partial charge in [0, 0.05) is 34.0 Å². The minimum atomic E-state index is -0.177. The highest BCUT2D eigenvalue weighted by Crippen LogP contribution is 2.41. The van der Waals surface area contributed by atoms with Crippen LogP contribution >= 0.6 is 0 Å². The Morgan fingerprint density at radius 1 is 0.925 bits per heavy atom. The van der Waals surface area contributed by atoms with Gasteiger partial charge in [0.25, 0.3) is 0 Å². The van der Waals surface area contributed by atoms with E-state index in [1.54, 1.807) is 12.3 Å². The van der Waals surface area contributed by atoms with Crippen molar-refractivity contribution in [1.82, 2.24) is 9.97 Å². The summed E-state index contributed by atoms with van der Waals surface area (Å²) >= 11 is 0. The van der Waals surface area contributed by atoms with Gasteiger partial charge in [0.1, 0.15) is 5.58 Å². The van der Waals surface area contributed by atoms with Crippen molar-refractivity contribution in [3.05, 3.63) is 132 Å². The summed E-state index contributed by atoms with van der Waals surface area (Å²) in [6.45, 7) is 14.6. The number of aliphatic imine (C=N–C) groups is 2. The van der Waals surface area contributed by atoms with Crippen LogP contribution in [0.3, 0.4) is 0 Å². The highest BCUT2D eigenvalue weighted by molar-refractivity contribution is 6.20. The Bertz CT molecular complexity index is 1940. The summed E-state index contributed by atoms with van der Waals surface area (Å²) in [4.78, 5) is 19.6. The van der Waals surface area contributed by atoms with Gasteiger partial charge in [-0.1, -0.05) is 62.2 Å². The van der Waals surface area contributed by atoms with Crippen molar-refractivity contribution >= 4 is 33.5 Å². The Balaban J connectivity index is 1.41. The van der Waals surface area contributed by atoms with Gasteiger partial charge in [0.05, 0.1) is 34.6 Å². The van der Waals surface area contributed by atoms with E-state index in [1.165, 1.54) is 5.56 Å². The summed E-state index contributed by atoms with van der Waals surface area (Å²) in [6, 6.07) is 20.7. The van der Waals surface area contributed by atoms with Crippen molar-refractivity contribution in [1.29, 1.82) is 0 Å². The number of nitrogens with zero attached hydrogens (tertiary/aromatic N) is 4. The lowest BCUT2D eigenvalue weighted by Crippen LogP contribution is -2.27. The molecule has 0 amide bonds. The van der Waals surface area contributed by atoms with Gasteiger partial charge in [0.15, 0.2) is 0 Å². The molecule has 5 nitrogen and oxygen atoms in total. The topological polar surface area (TPSA) is 63.6 Å². The van der Waals surface area contributed by atoms with Gasteiger partial charge in [0.2, 0.25) is 5.71 Å². The molecule has 194 valence electrons. The van der Waals surface area contributed by atoms with Gasteiger partial charge in [-0.2, -0.15) is 0 Å². The predicted octanol–water partition coefficient (Wildman–Crippen LogP) is 7.93. The fourth-order valence-corrected chi connectivity index (χ4v) is 6.19. The van der Waals surface area contributed by atoms with Crippen LogP contribution in [0.25, 0.3) is 33.5 Å². The number of aromatic nitrogens is 2. The number of allylic oxidation sites excluding steroid dienone is 2. The minimum absolute atomic E-state index is 0.158. The molecular weight excluding hydrogens is 492 g/mol. The third kappa shape index (κ3) is 3.69. The summed E-state index contributed by atoms with van der Waals surface area (Å²) < 4.78 is 6.53. The quantitative estimate of drug-likeness (QED) is 0.243. The van der Waals surface area contributed by atoms with E-state index in [4.69, 9.17) is 19.4 Å². The van der Waals surface area contributed by atoms with Crippen molar-refractivity contribution < 1.29 is 4.42 Å². The van der Waals surface area contributed by atoms with Crippen LogP contribution in [-0.4, -0.2) is 27.4 Å². The third-order valence-corrected chi connectivity index (χ3v) is 8.11. The van der Waals surface area contributed by atoms with Gasteiger partial charge in [-0.3, -0.25) is 15.0 Å². The van der Waals surface area contributed by atoms with Crippen LogP contribution < -0.4 is 0 Å². The van der Waals surface area contributed by atoms with E-state index >= 15 is 0 Å². The zero-order valence-corrected chi connectivity index (χ0v) is 22.4. The van der Waals surface area contributed by atoms with Crippen LogP contribution in [0.15, 0.2) is 119 Å². The molecule has 0 aliphatic carbocycles. The van der Waals surface area contributed by atoms with E-state index < -0.39 is 0 Å². The molecule has 5 heteroatoms. The minimum Gasteiger partial charge on any atom is -0.437 e. The van der Waals surface area contributed by atoms with E-state index in [0.717, 1.165) is 74.3 Å². The van der Waals surface area contributed by atoms with Gasteiger partial charge in [-0.25, -0.2) is 4.98 Å². The first kappa shape index (κ1) is 24.2. The average Bonchev–Trinajstić information content (AvgIpc) is 3.37. The molecule has 2 aromatic carbocycles. The van der Waals surface area contributed by atoms with E-state index in [9.17, 15) is 0 Å². The number of aryl methyl sites for hydroxylation is 2. The molecule has 2 unspecified atom stereocenters. The van der Waals surface area contributed by atoms with E-state index in [-0.39, 0.29) is 12.0 Å². The Labute approximate surface area is 233 Å². The zero-order chi connectivity index (χ0) is 27.4. The summed E-state index contributed by atoms with van der Waals surface area (Å²) in [5.74, 6) is 0.158. The van der Waals surface area contributed by atoms with Crippen LogP contribution in [0, 0.1) is 6.92 Å². The summed E-state index contributed by atoms with van der Waals surface area (Å²) in [5, 5.41) is 1.96. The van der Waals surface area contributed by atoms with Gasteiger partial charge in [-0.05, 0) is 66.8 Å². The molecule has 0 saturated heterocycles. The molecule has 5 heterocycles. The monoisotopic (exact) mass is 520 g/mol. The highest BCUT2D eigenvalue weighted by atomic mass is 16.3. The second-order valence-electron chi connectivity index (χ2n) is 10.4. The SMILES string of the molecule is C=CC1=NC2C(=C)N=C(C=C)c3c(ccc4c3oc3nc(-c5ncccc5C)ccc34)CCC2c2ccccc21. The molecule has 0 N–H and O–H groups in total. The van der Waals surface area contributed by atoms with Gasteiger partial charge < -0.3 is 4.42 Å². The van der Waals surface area contributed by atoms with Crippen LogP contribution in [0.2, 0.25) is 0 Å². The van der Waals surface area contributed by atoms with Crippen LogP contribution in [-0.2, 0) is 6.42 Å². The number of benzene rings is 2. The molecule has 0 fully saturated rings. The lowest BCUT2D eigenvalue weighted by atomic mass is 9.79. The third-order valence-electron chi connectivity index (χ3n) is 8.11. The first-order valence-corrected chi connectivity index (χ1v) is 13.5. The first-order chi connectivity index (χ1) is 19.6. The molecule has 0 spiro atoms. The van der Waals surface area contributed by atoms with Crippen LogP contribution in [0.5, 0.6) is 0 Å². The fourth-order valence-electron chi connectivity index (χ4n) is 6.19. The maximum absolute atomic E-state index is 6.53. The van der Waals surface area contributed by atoms with E-state index in [1.807, 2.05) is 31.2 Å². The molecule has 3 aromatic heterocycles. The maximum Gasteiger partial charge on any atom is 0.227 e. The molecule has 2 atom stereocenters. The summed E-state index contributed by atoms with van der Waals surface area (Å²) in [5.41, 5.74) is 10.9. The molecule has 7 rings (SSSR count). The molecule has 40 heavy (non-hydrogen) atoms. The number of hydrogen-bond donors (Lipinski definition) is 0. The summed E-state index contributed by atoms with van der Waals surface area (Å²) in [6.07, 6.45) is 7.14. The Morgan fingerprint density at radius 3 is 2.58 bits per heavy atom. The standard InChI is InChI=1S/C35H28N4O/c1-5-28-24-12-8-7-11-23(24)25-15-13-22-14-16-26-27-17-18-30(32-20(3)10-9-19-36-32)39-35(27)40-34(26)31(22)29(6-2)37-21(4)33(25)38-28/h5-12,14,16-19,25,33H,1-2,4,13,15H2,3H3. The molecule has 0 saturated carbocycles. The van der Waals surface area contributed by atoms with Gasteiger partial charge in [-0.15, -0.1) is 0 Å². The Kier molecular flexibility index (Phi) is 5.67. The van der Waals surface area contributed by atoms with E-state index in [0.29, 0.717) is 11.4 Å². The second kappa shape index (κ2) is 9.38. The first-order valence-electron chi connectivity index (χ1n) is 13.5. The van der Waals surface area contributed by atoms with Crippen molar-refractivity contribution in [3.63, 3.8) is 0 Å². The number of furan rings is 1. The number of pyridine rings is 2. The van der Waals surface area contributed by atoms with Crippen molar-refractivity contribution in [2.45, 2.75) is 31.7 Å². The Morgan fingerprint density at radius 2 is 1.75 bits per heavy atom. The smallest absolute Gasteiger partial charge is 0.227 e. The van der Waals surface area contributed by atoms with Crippen molar-refractivity contribution in [2.75, 3.05) is 0 Å². The number of rotatable bonds is 3. The molecule has 5 aromatic rings. The van der Waals surface area contributed by atoms with Crippen LogP contribution in [0.4, 0.5) is 0 Å². The van der Waals surface area contributed by atoms with Crippen LogP contribution in [0.1, 0.15) is 40.2 Å². The van der Waals surface area contributed by atoms with Crippen molar-refractivity contribution in [2.24, 2.45) is 9.98 Å². The fraction of sp³-hybridized carbons (Fsp3) is 0.143. The number of hydrogen-bond acceptors (Lipinski definition) is 5. The molecular formula is C35H28N4O. The molecule has 0 bridgehead atoms. The number of fused-ring (bicyclic) bond motifs is 8. The highest BCUT2D eigenvalue weighted by Gasteiger charge is 2.33. The molecule has 0 radical (unpaired) electrons. The largest absolute Gasteiger partial charge is 0.437 e. The average molecular weight is 521 g/mol.